The second kappa shape index (κ2) is 12.0. The van der Waals surface area contributed by atoms with E-state index in [0.717, 1.165) is 0 Å². The number of likely N-dealkylation sites (tertiary alicyclic amines) is 1. The molecule has 1 aliphatic heterocycles. The van der Waals surface area contributed by atoms with Gasteiger partial charge in [0.1, 0.15) is 24.3 Å². The van der Waals surface area contributed by atoms with Crippen LogP contribution >= 0.6 is 23.2 Å². The Labute approximate surface area is 196 Å². The van der Waals surface area contributed by atoms with Gasteiger partial charge in [-0.25, -0.2) is 4.39 Å². The zero-order valence-electron chi connectivity index (χ0n) is 17.4. The lowest BCUT2D eigenvalue weighted by Gasteiger charge is -2.34. The van der Waals surface area contributed by atoms with Gasteiger partial charge in [-0.2, -0.15) is 0 Å². The van der Waals surface area contributed by atoms with Gasteiger partial charge in [0.15, 0.2) is 12.4 Å². The number of carbonyl (C=O) groups excluding carboxylic acids is 2. The number of amides is 1. The highest BCUT2D eigenvalue weighted by molar-refractivity contribution is 6.30. The summed E-state index contributed by atoms with van der Waals surface area (Å²) in [6, 6.07) is 12.8. The Kier molecular flexibility index (Phi) is 9.14. The van der Waals surface area contributed by atoms with Crippen LogP contribution in [0.2, 0.25) is 10.0 Å². The van der Waals surface area contributed by atoms with Gasteiger partial charge in [0.2, 0.25) is 0 Å². The van der Waals surface area contributed by atoms with Crippen molar-refractivity contribution in [3.8, 4) is 11.5 Å². The number of benzene rings is 2. The van der Waals surface area contributed by atoms with Gasteiger partial charge in [0.25, 0.3) is 5.91 Å². The molecule has 0 radical (unpaired) electrons. The number of carbonyl (C=O) groups is 2. The van der Waals surface area contributed by atoms with Crippen LogP contribution in [0.3, 0.4) is 0 Å². The van der Waals surface area contributed by atoms with E-state index in [2.05, 4.69) is 5.32 Å². The van der Waals surface area contributed by atoms with E-state index in [1.807, 2.05) is 4.90 Å². The van der Waals surface area contributed by atoms with Crippen molar-refractivity contribution in [3.05, 3.63) is 58.6 Å². The predicted molar refractivity (Wildman–Crippen MR) is 121 cm³/mol. The first-order valence-electron chi connectivity index (χ1n) is 10.3. The summed E-state index contributed by atoms with van der Waals surface area (Å²) in [7, 11) is 0. The fraction of sp³-hybridized carbons (Fsp3) is 0.391. The minimum atomic E-state index is -1.22. The lowest BCUT2D eigenvalue weighted by molar-refractivity contribution is -0.124. The number of ether oxygens (including phenoxy) is 2. The van der Waals surface area contributed by atoms with E-state index >= 15 is 0 Å². The molecule has 1 heterocycles. The molecule has 2 aromatic rings. The lowest BCUT2D eigenvalue weighted by Crippen LogP contribution is -2.53. The van der Waals surface area contributed by atoms with Crippen LogP contribution in [0.15, 0.2) is 48.5 Å². The Morgan fingerprint density at radius 1 is 0.969 bits per heavy atom. The summed E-state index contributed by atoms with van der Waals surface area (Å²) in [5.41, 5.74) is 0. The molecule has 9 heteroatoms. The van der Waals surface area contributed by atoms with E-state index < -0.39 is 12.2 Å². The highest BCUT2D eigenvalue weighted by Gasteiger charge is 2.30. The molecule has 0 spiro atoms. The van der Waals surface area contributed by atoms with Crippen LogP contribution in [0.1, 0.15) is 12.8 Å². The number of hydrogen-bond acceptors (Lipinski definition) is 5. The number of rotatable bonds is 10. The van der Waals surface area contributed by atoms with E-state index in [-0.39, 0.29) is 37.9 Å². The third-order valence-electron chi connectivity index (χ3n) is 5.08. The van der Waals surface area contributed by atoms with Crippen LogP contribution in [0.5, 0.6) is 11.5 Å². The summed E-state index contributed by atoms with van der Waals surface area (Å²) in [5.74, 6) is 0.643. The molecule has 6 nitrogen and oxygen atoms in total. The average Bonchev–Trinajstić information content (AvgIpc) is 2.78. The third kappa shape index (κ3) is 7.97. The van der Waals surface area contributed by atoms with Gasteiger partial charge in [0, 0.05) is 36.1 Å². The summed E-state index contributed by atoms with van der Waals surface area (Å²) >= 11 is 11.6. The number of nitrogens with one attached hydrogen (secondary N) is 1. The average molecular weight is 483 g/mol. The summed E-state index contributed by atoms with van der Waals surface area (Å²) in [4.78, 5) is 26.1. The fourth-order valence-electron chi connectivity index (χ4n) is 3.31. The van der Waals surface area contributed by atoms with Crippen molar-refractivity contribution in [2.45, 2.75) is 25.1 Å². The molecule has 1 fully saturated rings. The molecule has 32 heavy (non-hydrogen) atoms. The first-order valence-corrected chi connectivity index (χ1v) is 11.1. The molecule has 0 aromatic heterocycles. The van der Waals surface area contributed by atoms with Gasteiger partial charge in [-0.15, -0.1) is 0 Å². The number of hydrogen-bond donors (Lipinski definition) is 1. The van der Waals surface area contributed by atoms with Crippen LogP contribution in [-0.2, 0) is 9.59 Å². The monoisotopic (exact) mass is 482 g/mol. The van der Waals surface area contributed by atoms with Crippen molar-refractivity contribution in [3.63, 3.8) is 0 Å². The molecule has 2 atom stereocenters. The highest BCUT2D eigenvalue weighted by Crippen LogP contribution is 2.18. The van der Waals surface area contributed by atoms with E-state index in [4.69, 9.17) is 32.7 Å². The second-order valence-corrected chi connectivity index (χ2v) is 8.43. The smallest absolute Gasteiger partial charge is 0.258 e. The van der Waals surface area contributed by atoms with Gasteiger partial charge < -0.3 is 14.8 Å². The predicted octanol–water partition coefficient (Wildman–Crippen LogP) is 3.94. The molecular formula is C23H25Cl2FN2O4. The maximum absolute atomic E-state index is 14.6. The second-order valence-electron chi connectivity index (χ2n) is 7.55. The van der Waals surface area contributed by atoms with Crippen molar-refractivity contribution in [2.24, 2.45) is 0 Å². The van der Waals surface area contributed by atoms with E-state index in [0.29, 0.717) is 41.1 Å². The Morgan fingerprint density at radius 3 is 2.09 bits per heavy atom. The normalized spacial score (nSPS) is 18.7. The van der Waals surface area contributed by atoms with Crippen LogP contribution in [0, 0.1) is 0 Å². The first kappa shape index (κ1) is 24.3. The maximum atomic E-state index is 14.6. The molecule has 1 saturated heterocycles. The molecule has 0 aliphatic carbocycles. The number of Topliss-reactive ketones (excluding diaryl/α,β-unsaturated/α-hetero) is 1. The largest absolute Gasteiger partial charge is 0.486 e. The number of piperidine rings is 1. The van der Waals surface area contributed by atoms with Gasteiger partial charge in [-0.1, -0.05) is 23.2 Å². The zero-order chi connectivity index (χ0) is 22.9. The molecule has 0 bridgehead atoms. The van der Waals surface area contributed by atoms with Gasteiger partial charge in [-0.3, -0.25) is 14.5 Å². The quantitative estimate of drug-likeness (QED) is 0.555. The molecular weight excluding hydrogens is 458 g/mol. The zero-order valence-corrected chi connectivity index (χ0v) is 18.9. The third-order valence-corrected chi connectivity index (χ3v) is 5.58. The molecule has 1 aliphatic rings. The van der Waals surface area contributed by atoms with E-state index in [9.17, 15) is 14.0 Å². The van der Waals surface area contributed by atoms with Crippen LogP contribution in [0.4, 0.5) is 4.39 Å². The molecule has 2 unspecified atom stereocenters. The highest BCUT2D eigenvalue weighted by atomic mass is 35.5. The van der Waals surface area contributed by atoms with Crippen molar-refractivity contribution in [2.75, 3.05) is 32.8 Å². The van der Waals surface area contributed by atoms with Crippen molar-refractivity contribution in [1.29, 1.82) is 0 Å². The molecule has 172 valence electrons. The molecule has 1 amide bonds. The number of nitrogens with zero attached hydrogens (tertiary/aromatic N) is 1. The van der Waals surface area contributed by atoms with Crippen LogP contribution in [-0.4, -0.2) is 61.7 Å². The Morgan fingerprint density at radius 2 is 1.53 bits per heavy atom. The molecule has 0 saturated carbocycles. The number of halogens is 3. The van der Waals surface area contributed by atoms with Crippen molar-refractivity contribution >= 4 is 34.9 Å². The van der Waals surface area contributed by atoms with Gasteiger partial charge >= 0.3 is 0 Å². The Bertz CT molecular complexity index is 896. The summed E-state index contributed by atoms with van der Waals surface area (Å²) in [5, 5.41) is 3.86. The lowest BCUT2D eigenvalue weighted by atomic mass is 10.0. The minimum Gasteiger partial charge on any atom is -0.486 e. The van der Waals surface area contributed by atoms with Gasteiger partial charge in [0.05, 0.1) is 6.04 Å². The summed E-state index contributed by atoms with van der Waals surface area (Å²) in [6.07, 6.45) is -0.487. The molecule has 3 rings (SSSR count). The Balaban J connectivity index is 1.32. The van der Waals surface area contributed by atoms with Crippen molar-refractivity contribution < 1.29 is 23.5 Å². The standard InChI is InChI=1S/C23H25Cl2FN2O4/c24-16-1-5-19(6-2-16)31-14-18(29)9-11-28-12-10-22(21(26)13-28)27-23(30)15-32-20-7-3-17(25)4-8-20/h1-8,21-22H,9-15H2,(H,27,30). The SMILES string of the molecule is O=C(CCN1CCC(NC(=O)COc2ccc(Cl)cc2)C(F)C1)COc1ccc(Cl)cc1. The van der Waals surface area contributed by atoms with Gasteiger partial charge in [-0.05, 0) is 55.0 Å². The van der Waals surface area contributed by atoms with Crippen LogP contribution in [0.25, 0.3) is 0 Å². The molecule has 1 N–H and O–H groups in total. The molecule has 2 aromatic carbocycles. The summed E-state index contributed by atoms with van der Waals surface area (Å²) < 4.78 is 25.4. The summed E-state index contributed by atoms with van der Waals surface area (Å²) in [6.45, 7) is 0.962. The topological polar surface area (TPSA) is 67.9 Å². The fourth-order valence-corrected chi connectivity index (χ4v) is 3.56. The van der Waals surface area contributed by atoms with Crippen molar-refractivity contribution in [1.82, 2.24) is 10.2 Å². The number of ketones is 1. The Hall–Kier alpha value is -2.35. The first-order chi connectivity index (χ1) is 15.4. The van der Waals surface area contributed by atoms with Crippen LogP contribution < -0.4 is 14.8 Å². The number of alkyl halides is 1. The van der Waals surface area contributed by atoms with E-state index in [1.165, 1.54) is 0 Å². The minimum absolute atomic E-state index is 0.0408. The maximum Gasteiger partial charge on any atom is 0.258 e. The van der Waals surface area contributed by atoms with E-state index in [1.54, 1.807) is 48.5 Å².